The number of hydrogen-bond donors (Lipinski definition) is 1. The standard InChI is InChI=1S/C22H31N3O4/c1-22(2)11-17(8-9-29-22)23-19(26)6-7-20(27)24-12-15-10-16(14-24)18-4-3-5-21(28)25(18)13-15/h3-5,15-17H,6-14H2,1-2H3,(H,23,26)/t15-,16+,17-/m1/s1. The van der Waals surface area contributed by atoms with Gasteiger partial charge in [-0.05, 0) is 45.1 Å². The molecule has 3 atom stereocenters. The van der Waals surface area contributed by atoms with Gasteiger partial charge in [0.25, 0.3) is 5.56 Å². The number of hydrogen-bond acceptors (Lipinski definition) is 4. The summed E-state index contributed by atoms with van der Waals surface area (Å²) in [4.78, 5) is 39.1. The number of ether oxygens (including phenoxy) is 1. The number of rotatable bonds is 4. The number of pyridine rings is 1. The van der Waals surface area contributed by atoms with Gasteiger partial charge in [0, 0.05) is 62.8 Å². The molecule has 2 fully saturated rings. The van der Waals surface area contributed by atoms with E-state index in [0.29, 0.717) is 32.2 Å². The predicted octanol–water partition coefficient (Wildman–Crippen LogP) is 1.65. The van der Waals surface area contributed by atoms with Gasteiger partial charge < -0.3 is 19.5 Å². The summed E-state index contributed by atoms with van der Waals surface area (Å²) in [7, 11) is 0. The van der Waals surface area contributed by atoms with Crippen molar-refractivity contribution in [3.63, 3.8) is 0 Å². The number of nitrogens with one attached hydrogen (secondary N) is 1. The van der Waals surface area contributed by atoms with Crippen LogP contribution in [0.15, 0.2) is 23.0 Å². The van der Waals surface area contributed by atoms with Crippen LogP contribution in [0.5, 0.6) is 0 Å². The highest BCUT2D eigenvalue weighted by Crippen LogP contribution is 2.35. The van der Waals surface area contributed by atoms with E-state index < -0.39 is 0 Å². The average molecular weight is 402 g/mol. The molecule has 0 radical (unpaired) electrons. The van der Waals surface area contributed by atoms with Crippen molar-refractivity contribution >= 4 is 11.8 Å². The van der Waals surface area contributed by atoms with E-state index in [4.69, 9.17) is 4.74 Å². The van der Waals surface area contributed by atoms with Crippen LogP contribution < -0.4 is 10.9 Å². The highest BCUT2D eigenvalue weighted by molar-refractivity contribution is 5.84. The topological polar surface area (TPSA) is 80.6 Å². The average Bonchev–Trinajstić information content (AvgIpc) is 2.66. The molecule has 0 unspecified atom stereocenters. The van der Waals surface area contributed by atoms with Crippen molar-refractivity contribution in [2.75, 3.05) is 19.7 Å². The van der Waals surface area contributed by atoms with E-state index in [1.165, 1.54) is 0 Å². The van der Waals surface area contributed by atoms with Crippen molar-refractivity contribution in [2.24, 2.45) is 5.92 Å². The lowest BCUT2D eigenvalue weighted by atomic mass is 9.83. The Morgan fingerprint density at radius 2 is 2.03 bits per heavy atom. The summed E-state index contributed by atoms with van der Waals surface area (Å²) in [5.41, 5.74) is 0.867. The maximum Gasteiger partial charge on any atom is 0.250 e. The Kier molecular flexibility index (Phi) is 5.51. The number of nitrogens with zero attached hydrogens (tertiary/aromatic N) is 2. The Morgan fingerprint density at radius 1 is 1.21 bits per heavy atom. The van der Waals surface area contributed by atoms with Crippen LogP contribution in [-0.2, 0) is 20.9 Å². The van der Waals surface area contributed by atoms with Gasteiger partial charge in [-0.1, -0.05) is 6.07 Å². The molecule has 1 aromatic heterocycles. The van der Waals surface area contributed by atoms with Gasteiger partial charge in [-0.3, -0.25) is 14.4 Å². The molecule has 158 valence electrons. The first kappa shape index (κ1) is 20.1. The molecule has 2 saturated heterocycles. The lowest BCUT2D eigenvalue weighted by Gasteiger charge is -2.42. The Labute approximate surface area is 171 Å². The fourth-order valence-corrected chi connectivity index (χ4v) is 5.13. The number of amides is 2. The van der Waals surface area contributed by atoms with Crippen LogP contribution in [0.3, 0.4) is 0 Å². The number of likely N-dealkylation sites (tertiary alicyclic amines) is 1. The summed E-state index contributed by atoms with van der Waals surface area (Å²) in [6.07, 6.45) is 3.09. The largest absolute Gasteiger partial charge is 0.375 e. The highest BCUT2D eigenvalue weighted by Gasteiger charge is 2.36. The molecule has 0 saturated carbocycles. The number of carbonyl (C=O) groups excluding carboxylic acids is 2. The monoisotopic (exact) mass is 401 g/mol. The first-order valence-corrected chi connectivity index (χ1v) is 10.7. The summed E-state index contributed by atoms with van der Waals surface area (Å²) >= 11 is 0. The third kappa shape index (κ3) is 4.55. The molecule has 0 spiro atoms. The van der Waals surface area contributed by atoms with Gasteiger partial charge in [0.2, 0.25) is 11.8 Å². The van der Waals surface area contributed by atoms with Crippen molar-refractivity contribution in [3.05, 3.63) is 34.2 Å². The van der Waals surface area contributed by atoms with Crippen molar-refractivity contribution in [2.45, 2.75) is 70.1 Å². The predicted molar refractivity (Wildman–Crippen MR) is 109 cm³/mol. The van der Waals surface area contributed by atoms with E-state index in [1.54, 1.807) is 12.1 Å². The summed E-state index contributed by atoms with van der Waals surface area (Å²) in [6, 6.07) is 5.52. The van der Waals surface area contributed by atoms with Crippen LogP contribution in [0.4, 0.5) is 0 Å². The first-order chi connectivity index (χ1) is 13.8. The Bertz CT molecular complexity index is 847. The van der Waals surface area contributed by atoms with Gasteiger partial charge >= 0.3 is 0 Å². The van der Waals surface area contributed by atoms with Crippen LogP contribution in [0.2, 0.25) is 0 Å². The van der Waals surface area contributed by atoms with Crippen molar-refractivity contribution in [3.8, 4) is 0 Å². The minimum absolute atomic E-state index is 0.0360. The van der Waals surface area contributed by atoms with Gasteiger partial charge in [-0.15, -0.1) is 0 Å². The van der Waals surface area contributed by atoms with E-state index in [0.717, 1.165) is 25.0 Å². The van der Waals surface area contributed by atoms with Crippen LogP contribution in [0.1, 0.15) is 57.6 Å². The van der Waals surface area contributed by atoms with Gasteiger partial charge in [0.05, 0.1) is 5.60 Å². The zero-order valence-corrected chi connectivity index (χ0v) is 17.4. The van der Waals surface area contributed by atoms with E-state index in [9.17, 15) is 14.4 Å². The van der Waals surface area contributed by atoms with Crippen molar-refractivity contribution in [1.82, 2.24) is 14.8 Å². The minimum atomic E-state index is -0.212. The van der Waals surface area contributed by atoms with E-state index >= 15 is 0 Å². The number of piperidine rings is 1. The lowest BCUT2D eigenvalue weighted by molar-refractivity contribution is -0.136. The second kappa shape index (κ2) is 7.94. The third-order valence-corrected chi connectivity index (χ3v) is 6.46. The normalized spacial score (nSPS) is 27.8. The zero-order valence-electron chi connectivity index (χ0n) is 17.4. The van der Waals surface area contributed by atoms with Crippen LogP contribution >= 0.6 is 0 Å². The fourth-order valence-electron chi connectivity index (χ4n) is 5.13. The molecular formula is C22H31N3O4. The summed E-state index contributed by atoms with van der Waals surface area (Å²) in [6.45, 7) is 6.70. The second-order valence-electron chi connectivity index (χ2n) is 9.36. The van der Waals surface area contributed by atoms with Crippen LogP contribution in [0.25, 0.3) is 0 Å². The van der Waals surface area contributed by atoms with E-state index in [2.05, 4.69) is 5.32 Å². The summed E-state index contributed by atoms with van der Waals surface area (Å²) in [5.74, 6) is 0.492. The number of fused-ring (bicyclic) bond motifs is 4. The van der Waals surface area contributed by atoms with Gasteiger partial charge in [0.15, 0.2) is 0 Å². The molecule has 3 aliphatic rings. The van der Waals surface area contributed by atoms with Crippen LogP contribution in [-0.4, -0.2) is 52.6 Å². The molecule has 7 heteroatoms. The maximum atomic E-state index is 12.8. The zero-order chi connectivity index (χ0) is 20.6. The van der Waals surface area contributed by atoms with Crippen molar-refractivity contribution < 1.29 is 14.3 Å². The van der Waals surface area contributed by atoms with Gasteiger partial charge in [-0.2, -0.15) is 0 Å². The molecule has 0 aliphatic carbocycles. The molecule has 29 heavy (non-hydrogen) atoms. The SMILES string of the molecule is CC1(C)C[C@H](NC(=O)CCC(=O)N2C[C@H]3C[C@@H](C2)c2cccc(=O)n2C3)CCO1. The molecule has 1 N–H and O–H groups in total. The van der Waals surface area contributed by atoms with Gasteiger partial charge in [0.1, 0.15) is 0 Å². The molecule has 7 nitrogen and oxygen atoms in total. The lowest BCUT2D eigenvalue weighted by Crippen LogP contribution is -2.49. The smallest absolute Gasteiger partial charge is 0.250 e. The second-order valence-corrected chi connectivity index (χ2v) is 9.36. The summed E-state index contributed by atoms with van der Waals surface area (Å²) in [5, 5.41) is 3.06. The molecule has 2 bridgehead atoms. The van der Waals surface area contributed by atoms with Crippen LogP contribution in [0, 0.1) is 5.92 Å². The van der Waals surface area contributed by atoms with Gasteiger partial charge in [-0.25, -0.2) is 0 Å². The minimum Gasteiger partial charge on any atom is -0.375 e. The molecular weight excluding hydrogens is 370 g/mol. The fraction of sp³-hybridized carbons (Fsp3) is 0.682. The number of aromatic nitrogens is 1. The Balaban J connectivity index is 1.30. The molecule has 3 aliphatic heterocycles. The maximum absolute atomic E-state index is 12.8. The quantitative estimate of drug-likeness (QED) is 0.832. The van der Waals surface area contributed by atoms with E-state index in [-0.39, 0.29) is 47.8 Å². The molecule has 4 heterocycles. The summed E-state index contributed by atoms with van der Waals surface area (Å²) < 4.78 is 7.55. The molecule has 1 aromatic rings. The molecule has 2 amide bonds. The molecule has 0 aromatic carbocycles. The Hall–Kier alpha value is -2.15. The highest BCUT2D eigenvalue weighted by atomic mass is 16.5. The van der Waals surface area contributed by atoms with Crippen molar-refractivity contribution in [1.29, 1.82) is 0 Å². The van der Waals surface area contributed by atoms with E-state index in [1.807, 2.05) is 29.4 Å². The molecule has 4 rings (SSSR count). The Morgan fingerprint density at radius 3 is 2.83 bits per heavy atom. The first-order valence-electron chi connectivity index (χ1n) is 10.7. The third-order valence-electron chi connectivity index (χ3n) is 6.46. The number of carbonyl (C=O) groups is 2.